The average molecular weight is 210 g/mol. The third-order valence-corrected chi connectivity index (χ3v) is 2.97. The summed E-state index contributed by atoms with van der Waals surface area (Å²) in [6.45, 7) is 5.35. The van der Waals surface area contributed by atoms with Gasteiger partial charge < -0.3 is 14.8 Å². The Morgan fingerprint density at radius 2 is 2.47 bits per heavy atom. The van der Waals surface area contributed by atoms with Crippen molar-refractivity contribution >= 4 is 0 Å². The number of nitrogens with one attached hydrogen (secondary N) is 1. The average Bonchev–Trinajstić information content (AvgIpc) is 2.85. The number of aliphatic hydroxyl groups excluding tert-OH is 1. The van der Waals surface area contributed by atoms with E-state index in [1.807, 2.05) is 12.1 Å². The predicted octanol–water partition coefficient (Wildman–Crippen LogP) is 0.434. The van der Waals surface area contributed by atoms with Crippen molar-refractivity contribution in [2.75, 3.05) is 19.6 Å². The van der Waals surface area contributed by atoms with Crippen molar-refractivity contribution in [3.8, 4) is 0 Å². The zero-order valence-electron chi connectivity index (χ0n) is 9.02. The molecule has 0 saturated carbocycles. The van der Waals surface area contributed by atoms with E-state index in [0.29, 0.717) is 6.54 Å². The summed E-state index contributed by atoms with van der Waals surface area (Å²) in [5.74, 6) is 0.955. The first kappa shape index (κ1) is 10.7. The summed E-state index contributed by atoms with van der Waals surface area (Å²) in [6, 6.07) is 4.07. The van der Waals surface area contributed by atoms with Gasteiger partial charge in [0, 0.05) is 19.1 Å². The molecule has 2 N–H and O–H groups in total. The first-order chi connectivity index (χ1) is 7.31. The van der Waals surface area contributed by atoms with Crippen molar-refractivity contribution in [1.29, 1.82) is 0 Å². The van der Waals surface area contributed by atoms with Crippen LogP contribution in [0.2, 0.25) is 0 Å². The fourth-order valence-corrected chi connectivity index (χ4v) is 2.09. The van der Waals surface area contributed by atoms with Crippen LogP contribution in [0.25, 0.3) is 0 Å². The summed E-state index contributed by atoms with van der Waals surface area (Å²) in [6.07, 6.45) is 1.42. The van der Waals surface area contributed by atoms with E-state index in [1.54, 1.807) is 6.26 Å². The van der Waals surface area contributed by atoms with Gasteiger partial charge in [-0.05, 0) is 18.7 Å². The van der Waals surface area contributed by atoms with Crippen LogP contribution in [0.4, 0.5) is 0 Å². The molecule has 4 nitrogen and oxygen atoms in total. The Hall–Kier alpha value is -0.840. The number of hydrogen-bond acceptors (Lipinski definition) is 4. The normalized spacial score (nSPS) is 26.3. The molecule has 0 aromatic carbocycles. The fourth-order valence-electron chi connectivity index (χ4n) is 2.09. The molecule has 2 rings (SSSR count). The molecule has 2 atom stereocenters. The molecule has 2 unspecified atom stereocenters. The van der Waals surface area contributed by atoms with Crippen LogP contribution < -0.4 is 5.32 Å². The first-order valence-electron chi connectivity index (χ1n) is 5.46. The number of furan rings is 1. The quantitative estimate of drug-likeness (QED) is 0.757. The molecule has 1 aromatic rings. The van der Waals surface area contributed by atoms with Gasteiger partial charge in [-0.1, -0.05) is 6.92 Å². The highest BCUT2D eigenvalue weighted by atomic mass is 16.3. The zero-order chi connectivity index (χ0) is 10.7. The lowest BCUT2D eigenvalue weighted by molar-refractivity contribution is 0.0774. The maximum Gasteiger partial charge on any atom is 0.117 e. The highest BCUT2D eigenvalue weighted by molar-refractivity contribution is 4.99. The van der Waals surface area contributed by atoms with Crippen molar-refractivity contribution < 1.29 is 9.52 Å². The van der Waals surface area contributed by atoms with Crippen LogP contribution in [0.1, 0.15) is 12.7 Å². The van der Waals surface area contributed by atoms with Gasteiger partial charge in [0.15, 0.2) is 0 Å². The Bertz CT molecular complexity index is 287. The minimum atomic E-state index is -0.264. The largest absolute Gasteiger partial charge is 0.468 e. The van der Waals surface area contributed by atoms with E-state index in [0.717, 1.165) is 25.4 Å². The summed E-state index contributed by atoms with van der Waals surface area (Å²) in [5, 5.41) is 13.0. The van der Waals surface area contributed by atoms with Crippen LogP contribution >= 0.6 is 0 Å². The molecule has 0 radical (unpaired) electrons. The summed E-state index contributed by atoms with van der Waals surface area (Å²) in [5.41, 5.74) is 0. The van der Waals surface area contributed by atoms with Gasteiger partial charge in [-0.3, -0.25) is 4.90 Å². The van der Waals surface area contributed by atoms with Gasteiger partial charge in [0.1, 0.15) is 5.76 Å². The van der Waals surface area contributed by atoms with E-state index in [-0.39, 0.29) is 12.1 Å². The highest BCUT2D eigenvalue weighted by Crippen LogP contribution is 2.13. The summed E-state index contributed by atoms with van der Waals surface area (Å²) < 4.78 is 5.32. The summed E-state index contributed by atoms with van der Waals surface area (Å²) in [7, 11) is 0. The molecule has 1 fully saturated rings. The molecule has 1 aliphatic rings. The highest BCUT2D eigenvalue weighted by Gasteiger charge is 2.29. The minimum Gasteiger partial charge on any atom is -0.468 e. The molecule has 1 aromatic heterocycles. The minimum absolute atomic E-state index is 0.208. The third kappa shape index (κ3) is 2.40. The fraction of sp³-hybridized carbons (Fsp3) is 0.636. The smallest absolute Gasteiger partial charge is 0.117 e. The second-order valence-corrected chi connectivity index (χ2v) is 3.94. The topological polar surface area (TPSA) is 48.6 Å². The van der Waals surface area contributed by atoms with E-state index in [1.165, 1.54) is 0 Å². The Labute approximate surface area is 89.9 Å². The molecule has 84 valence electrons. The number of β-amino-alcohol motifs (C(OH)–C–C–N with tert-alkyl or cyclic N) is 1. The van der Waals surface area contributed by atoms with Crippen molar-refractivity contribution in [2.24, 2.45) is 0 Å². The van der Waals surface area contributed by atoms with Gasteiger partial charge in [-0.25, -0.2) is 0 Å². The molecule has 15 heavy (non-hydrogen) atoms. The van der Waals surface area contributed by atoms with Gasteiger partial charge in [-0.2, -0.15) is 0 Å². The molecular formula is C11H18N2O2. The second kappa shape index (κ2) is 4.79. The van der Waals surface area contributed by atoms with Crippen LogP contribution in [-0.2, 0) is 6.54 Å². The molecule has 1 aliphatic heterocycles. The van der Waals surface area contributed by atoms with Crippen LogP contribution in [0, 0.1) is 0 Å². The van der Waals surface area contributed by atoms with Gasteiger partial charge in [0.05, 0.1) is 18.9 Å². The van der Waals surface area contributed by atoms with Crippen molar-refractivity contribution in [3.05, 3.63) is 24.2 Å². The predicted molar refractivity (Wildman–Crippen MR) is 57.5 cm³/mol. The Morgan fingerprint density at radius 3 is 3.00 bits per heavy atom. The molecule has 0 bridgehead atoms. The standard InChI is InChI=1S/C11H18N2O2/c1-2-13(8-9-4-3-5-15-9)10-6-12-7-11(10)14/h3-5,10-12,14H,2,6-8H2,1H3. The van der Waals surface area contributed by atoms with Crippen LogP contribution in [-0.4, -0.2) is 41.8 Å². The van der Waals surface area contributed by atoms with E-state index in [9.17, 15) is 5.11 Å². The van der Waals surface area contributed by atoms with Crippen molar-refractivity contribution in [3.63, 3.8) is 0 Å². The van der Waals surface area contributed by atoms with Crippen LogP contribution in [0.3, 0.4) is 0 Å². The zero-order valence-corrected chi connectivity index (χ0v) is 9.02. The Balaban J connectivity index is 1.97. The molecule has 2 heterocycles. The summed E-state index contributed by atoms with van der Waals surface area (Å²) >= 11 is 0. The number of likely N-dealkylation sites (N-methyl/N-ethyl adjacent to an activating group) is 1. The Kier molecular flexibility index (Phi) is 3.41. The molecule has 0 spiro atoms. The second-order valence-electron chi connectivity index (χ2n) is 3.94. The van der Waals surface area contributed by atoms with Gasteiger partial charge >= 0.3 is 0 Å². The van der Waals surface area contributed by atoms with Gasteiger partial charge in [0.25, 0.3) is 0 Å². The Morgan fingerprint density at radius 1 is 1.60 bits per heavy atom. The number of rotatable bonds is 4. The molecule has 4 heteroatoms. The molecule has 1 saturated heterocycles. The number of aliphatic hydroxyl groups is 1. The molecular weight excluding hydrogens is 192 g/mol. The summed E-state index contributed by atoms with van der Waals surface area (Å²) in [4.78, 5) is 2.24. The van der Waals surface area contributed by atoms with E-state index in [4.69, 9.17) is 4.42 Å². The maximum atomic E-state index is 9.78. The van der Waals surface area contributed by atoms with Crippen molar-refractivity contribution in [1.82, 2.24) is 10.2 Å². The maximum absolute atomic E-state index is 9.78. The van der Waals surface area contributed by atoms with E-state index < -0.39 is 0 Å². The van der Waals surface area contributed by atoms with E-state index >= 15 is 0 Å². The molecule has 0 amide bonds. The number of hydrogen-bond donors (Lipinski definition) is 2. The van der Waals surface area contributed by atoms with Crippen LogP contribution in [0.15, 0.2) is 22.8 Å². The SMILES string of the molecule is CCN(Cc1ccco1)C1CNCC1O. The molecule has 0 aliphatic carbocycles. The van der Waals surface area contributed by atoms with Crippen molar-refractivity contribution in [2.45, 2.75) is 25.6 Å². The first-order valence-corrected chi connectivity index (χ1v) is 5.46. The lowest BCUT2D eigenvalue weighted by Crippen LogP contribution is -2.42. The monoisotopic (exact) mass is 210 g/mol. The van der Waals surface area contributed by atoms with Gasteiger partial charge in [-0.15, -0.1) is 0 Å². The lowest BCUT2D eigenvalue weighted by atomic mass is 10.1. The van der Waals surface area contributed by atoms with Crippen LogP contribution in [0.5, 0.6) is 0 Å². The number of nitrogens with zero attached hydrogens (tertiary/aromatic N) is 1. The van der Waals surface area contributed by atoms with Gasteiger partial charge in [0.2, 0.25) is 0 Å². The van der Waals surface area contributed by atoms with E-state index in [2.05, 4.69) is 17.1 Å². The third-order valence-electron chi connectivity index (χ3n) is 2.97. The lowest BCUT2D eigenvalue weighted by Gasteiger charge is -2.28.